The van der Waals surface area contributed by atoms with Crippen LogP contribution >= 0.6 is 0 Å². The lowest BCUT2D eigenvalue weighted by molar-refractivity contribution is -0.384. The second-order valence-corrected chi connectivity index (χ2v) is 6.79. The zero-order chi connectivity index (χ0) is 20.8. The number of rotatable bonds is 8. The van der Waals surface area contributed by atoms with Gasteiger partial charge in [-0.1, -0.05) is 25.1 Å². The molecule has 1 aromatic heterocycles. The van der Waals surface area contributed by atoms with Gasteiger partial charge in [-0.2, -0.15) is 0 Å². The van der Waals surface area contributed by atoms with Gasteiger partial charge in [0.15, 0.2) is 0 Å². The van der Waals surface area contributed by atoms with Crippen LogP contribution in [-0.2, 0) is 13.1 Å². The molecule has 0 atom stereocenters. The largest absolute Gasteiger partial charge is 0.345 e. The molecule has 0 spiro atoms. The molecule has 0 saturated carbocycles. The van der Waals surface area contributed by atoms with Crippen LogP contribution < -0.4 is 0 Å². The lowest BCUT2D eigenvalue weighted by atomic mass is 10.1. The average Bonchev–Trinajstić information content (AvgIpc) is 3.14. The maximum absolute atomic E-state index is 13.5. The van der Waals surface area contributed by atoms with Crippen LogP contribution in [0, 0.1) is 15.9 Å². The molecule has 1 heterocycles. The van der Waals surface area contributed by atoms with E-state index in [2.05, 4.69) is 0 Å². The molecule has 6 nitrogen and oxygen atoms in total. The van der Waals surface area contributed by atoms with Crippen LogP contribution in [-0.4, -0.2) is 26.8 Å². The number of nitro benzene ring substituents is 1. The van der Waals surface area contributed by atoms with Gasteiger partial charge in [-0.25, -0.2) is 4.39 Å². The molecule has 0 unspecified atom stereocenters. The summed E-state index contributed by atoms with van der Waals surface area (Å²) in [5.74, 6) is -0.543. The Morgan fingerprint density at radius 3 is 2.66 bits per heavy atom. The molecule has 0 radical (unpaired) electrons. The predicted octanol–water partition coefficient (Wildman–Crippen LogP) is 4.64. The third-order valence-electron chi connectivity index (χ3n) is 4.60. The normalized spacial score (nSPS) is 10.7. The number of hydrogen-bond acceptors (Lipinski definition) is 3. The van der Waals surface area contributed by atoms with E-state index in [1.54, 1.807) is 17.0 Å². The van der Waals surface area contributed by atoms with E-state index in [0.717, 1.165) is 17.7 Å². The molecule has 3 rings (SSSR count). The van der Waals surface area contributed by atoms with E-state index in [1.165, 1.54) is 30.3 Å². The van der Waals surface area contributed by atoms with Crippen LogP contribution in [0.2, 0.25) is 0 Å². The van der Waals surface area contributed by atoms with E-state index in [1.807, 2.05) is 35.9 Å². The molecule has 0 fully saturated rings. The number of carbonyl (C=O) groups is 1. The number of nitrogens with zero attached hydrogens (tertiary/aromatic N) is 3. The number of aromatic nitrogens is 1. The second-order valence-electron chi connectivity index (χ2n) is 6.79. The summed E-state index contributed by atoms with van der Waals surface area (Å²) in [7, 11) is 0. The van der Waals surface area contributed by atoms with Gasteiger partial charge in [0.05, 0.1) is 11.5 Å². The summed E-state index contributed by atoms with van der Waals surface area (Å²) in [6, 6.07) is 16.0. The van der Waals surface area contributed by atoms with Crippen molar-refractivity contribution in [2.24, 2.45) is 0 Å². The zero-order valence-electron chi connectivity index (χ0n) is 16.1. The van der Waals surface area contributed by atoms with E-state index in [-0.39, 0.29) is 23.0 Å². The van der Waals surface area contributed by atoms with E-state index < -0.39 is 4.92 Å². The number of amides is 1. The van der Waals surface area contributed by atoms with Gasteiger partial charge in [0.2, 0.25) is 0 Å². The minimum Gasteiger partial charge on any atom is -0.345 e. The fourth-order valence-electron chi connectivity index (χ4n) is 3.23. The minimum absolute atomic E-state index is 0.109. The van der Waals surface area contributed by atoms with Gasteiger partial charge in [0, 0.05) is 42.7 Å². The Bertz CT molecular complexity index is 1020. The summed E-state index contributed by atoms with van der Waals surface area (Å²) in [5, 5.41) is 11.0. The van der Waals surface area contributed by atoms with Gasteiger partial charge < -0.3 is 9.47 Å². The van der Waals surface area contributed by atoms with Crippen LogP contribution in [0.1, 0.15) is 35.0 Å². The molecule has 0 bridgehead atoms. The highest BCUT2D eigenvalue weighted by Crippen LogP contribution is 2.18. The van der Waals surface area contributed by atoms with Crippen LogP contribution in [0.25, 0.3) is 0 Å². The summed E-state index contributed by atoms with van der Waals surface area (Å²) < 4.78 is 15.5. The fourth-order valence-corrected chi connectivity index (χ4v) is 3.23. The first-order chi connectivity index (χ1) is 14.0. The smallest absolute Gasteiger partial charge is 0.270 e. The Labute approximate surface area is 168 Å². The fraction of sp³-hybridized carbons (Fsp3) is 0.227. The monoisotopic (exact) mass is 395 g/mol. The highest BCUT2D eigenvalue weighted by atomic mass is 19.1. The molecule has 7 heteroatoms. The van der Waals surface area contributed by atoms with Crippen molar-refractivity contribution in [3.63, 3.8) is 0 Å². The van der Waals surface area contributed by atoms with Crippen LogP contribution in [0.3, 0.4) is 0 Å². The molecular weight excluding hydrogens is 373 g/mol. The van der Waals surface area contributed by atoms with E-state index in [0.29, 0.717) is 19.6 Å². The van der Waals surface area contributed by atoms with Crippen molar-refractivity contribution in [1.82, 2.24) is 9.47 Å². The SMILES string of the molecule is CCCN(Cc1cccn1Cc1cccc(F)c1)C(=O)c1cccc([N+](=O)[O-])c1. The highest BCUT2D eigenvalue weighted by Gasteiger charge is 2.19. The van der Waals surface area contributed by atoms with Crippen LogP contribution in [0.15, 0.2) is 66.9 Å². The molecule has 0 N–H and O–H groups in total. The van der Waals surface area contributed by atoms with Crippen molar-refractivity contribution in [3.8, 4) is 0 Å². The van der Waals surface area contributed by atoms with E-state index >= 15 is 0 Å². The molecule has 150 valence electrons. The van der Waals surface area contributed by atoms with Crippen molar-refractivity contribution in [2.45, 2.75) is 26.4 Å². The quantitative estimate of drug-likeness (QED) is 0.412. The van der Waals surface area contributed by atoms with Gasteiger partial charge in [-0.3, -0.25) is 14.9 Å². The second kappa shape index (κ2) is 9.14. The van der Waals surface area contributed by atoms with Gasteiger partial charge in [0.1, 0.15) is 5.82 Å². The van der Waals surface area contributed by atoms with Crippen molar-refractivity contribution in [3.05, 3.63) is 99.6 Å². The standard InChI is InChI=1S/C22H22FN3O3/c1-2-11-25(22(27)18-7-4-9-20(14-18)26(28)29)16-21-10-5-12-24(21)15-17-6-3-8-19(23)13-17/h3-10,12-14H,2,11,15-16H2,1H3. The molecule has 2 aromatic carbocycles. The Balaban J connectivity index is 1.81. The summed E-state index contributed by atoms with van der Waals surface area (Å²) in [6.07, 6.45) is 2.65. The van der Waals surface area contributed by atoms with E-state index in [4.69, 9.17) is 0 Å². The lowest BCUT2D eigenvalue weighted by Gasteiger charge is -2.23. The molecule has 0 aliphatic heterocycles. The Morgan fingerprint density at radius 2 is 1.93 bits per heavy atom. The van der Waals surface area contributed by atoms with Gasteiger partial charge in [-0.15, -0.1) is 0 Å². The predicted molar refractivity (Wildman–Crippen MR) is 108 cm³/mol. The third kappa shape index (κ3) is 5.07. The van der Waals surface area contributed by atoms with Gasteiger partial charge >= 0.3 is 0 Å². The summed E-state index contributed by atoms with van der Waals surface area (Å²) in [6.45, 7) is 3.34. The first kappa shape index (κ1) is 20.3. The number of halogens is 1. The maximum atomic E-state index is 13.5. The van der Waals surface area contributed by atoms with Crippen molar-refractivity contribution < 1.29 is 14.1 Å². The third-order valence-corrected chi connectivity index (χ3v) is 4.60. The number of non-ortho nitro benzene ring substituents is 1. The lowest BCUT2D eigenvalue weighted by Crippen LogP contribution is -2.32. The van der Waals surface area contributed by atoms with Crippen LogP contribution in [0.5, 0.6) is 0 Å². The highest BCUT2D eigenvalue weighted by molar-refractivity contribution is 5.94. The first-order valence-corrected chi connectivity index (χ1v) is 9.40. The Hall–Kier alpha value is -3.48. The Kier molecular flexibility index (Phi) is 6.39. The summed E-state index contributed by atoms with van der Waals surface area (Å²) in [4.78, 5) is 25.2. The molecule has 0 aliphatic carbocycles. The first-order valence-electron chi connectivity index (χ1n) is 9.40. The zero-order valence-corrected chi connectivity index (χ0v) is 16.1. The van der Waals surface area contributed by atoms with Crippen molar-refractivity contribution in [1.29, 1.82) is 0 Å². The minimum atomic E-state index is -0.509. The van der Waals surface area contributed by atoms with Crippen LogP contribution in [0.4, 0.5) is 10.1 Å². The molecule has 0 saturated heterocycles. The Morgan fingerprint density at radius 1 is 1.14 bits per heavy atom. The number of nitro groups is 1. The molecule has 3 aromatic rings. The number of benzene rings is 2. The molecule has 0 aliphatic rings. The number of hydrogen-bond donors (Lipinski definition) is 0. The molecule has 1 amide bonds. The molecular formula is C22H22FN3O3. The number of carbonyl (C=O) groups excluding carboxylic acids is 1. The van der Waals surface area contributed by atoms with E-state index in [9.17, 15) is 19.3 Å². The van der Waals surface area contributed by atoms with Crippen molar-refractivity contribution >= 4 is 11.6 Å². The summed E-state index contributed by atoms with van der Waals surface area (Å²) >= 11 is 0. The topological polar surface area (TPSA) is 68.4 Å². The van der Waals surface area contributed by atoms with Gasteiger partial charge in [-0.05, 0) is 42.3 Å². The average molecular weight is 395 g/mol. The maximum Gasteiger partial charge on any atom is 0.270 e. The van der Waals surface area contributed by atoms with Gasteiger partial charge in [0.25, 0.3) is 11.6 Å². The summed E-state index contributed by atoms with van der Waals surface area (Å²) in [5.41, 5.74) is 1.91. The van der Waals surface area contributed by atoms with Crippen molar-refractivity contribution in [2.75, 3.05) is 6.54 Å². The molecule has 29 heavy (non-hydrogen) atoms.